The van der Waals surface area contributed by atoms with Crippen molar-refractivity contribution in [2.75, 3.05) is 20.2 Å². The zero-order valence-electron chi connectivity index (χ0n) is 24.0. The first-order chi connectivity index (χ1) is 19.3. The molecule has 40 heavy (non-hydrogen) atoms. The van der Waals surface area contributed by atoms with Crippen LogP contribution in [0.15, 0.2) is 48.8 Å². The number of halogens is 1. The van der Waals surface area contributed by atoms with Crippen LogP contribution in [-0.2, 0) is 41.3 Å². The van der Waals surface area contributed by atoms with Crippen LogP contribution in [0.3, 0.4) is 0 Å². The van der Waals surface area contributed by atoms with Gasteiger partial charge in [0, 0.05) is 52.2 Å². The van der Waals surface area contributed by atoms with E-state index >= 15 is 4.39 Å². The number of aromatic nitrogens is 5. The van der Waals surface area contributed by atoms with Crippen molar-refractivity contribution in [1.29, 1.82) is 0 Å². The van der Waals surface area contributed by atoms with Gasteiger partial charge in [-0.2, -0.15) is 0 Å². The Morgan fingerprint density at radius 1 is 1.10 bits per heavy atom. The lowest BCUT2D eigenvalue weighted by Crippen LogP contribution is -2.44. The van der Waals surface area contributed by atoms with Gasteiger partial charge in [0.2, 0.25) is 5.67 Å². The standard InChI is InChI=1S/C30H42FN7O2/c1-29(2,40-3)16-19-34-28(39)30(31)15-8-4-5-14-26-27(30)35-36-38(26)21-11-20-37(22-24-12-6-9-17-32-24)23-25-13-7-10-18-33-25/h6-7,9-10,12-13,17-18H,4-5,8,11,14-16,19-23H2,1-3H3,(H,34,39). The van der Waals surface area contributed by atoms with Crippen LogP contribution in [-0.4, -0.2) is 61.6 Å². The average molecular weight is 552 g/mol. The molecule has 3 heterocycles. The number of nitrogens with one attached hydrogen (secondary N) is 1. The third kappa shape index (κ3) is 7.91. The minimum absolute atomic E-state index is 0.111. The van der Waals surface area contributed by atoms with Gasteiger partial charge in [0.15, 0.2) is 0 Å². The van der Waals surface area contributed by atoms with Gasteiger partial charge in [-0.1, -0.05) is 23.8 Å². The summed E-state index contributed by atoms with van der Waals surface area (Å²) in [6, 6.07) is 11.9. The molecule has 1 aliphatic carbocycles. The fourth-order valence-corrected chi connectivity index (χ4v) is 5.06. The summed E-state index contributed by atoms with van der Waals surface area (Å²) in [6.07, 6.45) is 8.16. The average Bonchev–Trinajstić information content (AvgIpc) is 3.35. The molecule has 1 amide bonds. The Labute approximate surface area is 236 Å². The quantitative estimate of drug-likeness (QED) is 0.337. The highest BCUT2D eigenvalue weighted by molar-refractivity contribution is 5.86. The minimum atomic E-state index is -2.19. The largest absolute Gasteiger partial charge is 0.379 e. The van der Waals surface area contributed by atoms with E-state index in [9.17, 15) is 4.79 Å². The molecule has 4 rings (SSSR count). The fraction of sp³-hybridized carbons (Fsp3) is 0.567. The third-order valence-electron chi connectivity index (χ3n) is 7.64. The van der Waals surface area contributed by atoms with Crippen molar-refractivity contribution in [3.63, 3.8) is 0 Å². The number of nitrogens with zero attached hydrogens (tertiary/aromatic N) is 6. The topological polar surface area (TPSA) is 98.1 Å². The number of carbonyl (C=O) groups excluding carboxylic acids is 1. The Bertz CT molecular complexity index is 1160. The zero-order chi connectivity index (χ0) is 28.4. The van der Waals surface area contributed by atoms with Crippen LogP contribution in [0.25, 0.3) is 0 Å². The van der Waals surface area contributed by atoms with E-state index in [0.717, 1.165) is 42.9 Å². The first-order valence-electron chi connectivity index (χ1n) is 14.3. The number of aryl methyl sites for hydroxylation is 1. The van der Waals surface area contributed by atoms with E-state index in [1.807, 2.05) is 50.2 Å². The molecular weight excluding hydrogens is 509 g/mol. The number of hydrogen-bond donors (Lipinski definition) is 1. The van der Waals surface area contributed by atoms with E-state index in [1.54, 1.807) is 24.2 Å². The first kappa shape index (κ1) is 29.7. The number of alkyl halides is 1. The summed E-state index contributed by atoms with van der Waals surface area (Å²) in [7, 11) is 1.63. The van der Waals surface area contributed by atoms with Crippen LogP contribution in [0.5, 0.6) is 0 Å². The number of amides is 1. The molecule has 3 aromatic rings. The Morgan fingerprint density at radius 3 is 2.42 bits per heavy atom. The summed E-state index contributed by atoms with van der Waals surface area (Å²) < 4.78 is 23.7. The summed E-state index contributed by atoms with van der Waals surface area (Å²) in [5.41, 5.74) is 0.310. The van der Waals surface area contributed by atoms with Crippen LogP contribution >= 0.6 is 0 Å². The lowest BCUT2D eigenvalue weighted by atomic mass is 9.88. The van der Waals surface area contributed by atoms with Crippen LogP contribution < -0.4 is 5.32 Å². The van der Waals surface area contributed by atoms with Crippen molar-refractivity contribution in [3.8, 4) is 0 Å². The van der Waals surface area contributed by atoms with Crippen LogP contribution in [0.2, 0.25) is 0 Å². The van der Waals surface area contributed by atoms with E-state index in [0.29, 0.717) is 45.4 Å². The van der Waals surface area contributed by atoms with Gasteiger partial charge in [0.1, 0.15) is 5.69 Å². The molecule has 9 nitrogen and oxygen atoms in total. The highest BCUT2D eigenvalue weighted by Crippen LogP contribution is 2.36. The molecular formula is C30H42FN7O2. The van der Waals surface area contributed by atoms with Gasteiger partial charge in [-0.3, -0.25) is 19.7 Å². The summed E-state index contributed by atoms with van der Waals surface area (Å²) in [5, 5.41) is 11.4. The van der Waals surface area contributed by atoms with Crippen molar-refractivity contribution in [2.24, 2.45) is 0 Å². The van der Waals surface area contributed by atoms with Crippen molar-refractivity contribution < 1.29 is 13.9 Å². The van der Waals surface area contributed by atoms with Crippen molar-refractivity contribution in [2.45, 2.75) is 89.7 Å². The van der Waals surface area contributed by atoms with Crippen LogP contribution in [0, 0.1) is 0 Å². The molecule has 216 valence electrons. The predicted octanol–water partition coefficient (Wildman–Crippen LogP) is 4.37. The Balaban J connectivity index is 1.44. The molecule has 0 saturated heterocycles. The van der Waals surface area contributed by atoms with E-state index < -0.39 is 17.2 Å². The zero-order valence-corrected chi connectivity index (χ0v) is 24.0. The number of pyridine rings is 2. The van der Waals surface area contributed by atoms with Gasteiger partial charge in [-0.25, -0.2) is 9.07 Å². The van der Waals surface area contributed by atoms with Gasteiger partial charge in [-0.05, 0) is 76.6 Å². The first-order valence-corrected chi connectivity index (χ1v) is 14.3. The third-order valence-corrected chi connectivity index (χ3v) is 7.64. The molecule has 0 spiro atoms. The predicted molar refractivity (Wildman–Crippen MR) is 151 cm³/mol. The molecule has 0 saturated carbocycles. The van der Waals surface area contributed by atoms with Crippen molar-refractivity contribution >= 4 is 5.91 Å². The lowest BCUT2D eigenvalue weighted by molar-refractivity contribution is -0.134. The van der Waals surface area contributed by atoms with Gasteiger partial charge in [0.05, 0.1) is 22.7 Å². The van der Waals surface area contributed by atoms with Gasteiger partial charge in [-0.15, -0.1) is 5.10 Å². The van der Waals surface area contributed by atoms with E-state index in [2.05, 4.69) is 30.5 Å². The van der Waals surface area contributed by atoms with E-state index in [4.69, 9.17) is 4.74 Å². The number of rotatable bonds is 13. The number of ether oxygens (including phenoxy) is 1. The monoisotopic (exact) mass is 551 g/mol. The number of fused-ring (bicyclic) bond motifs is 1. The molecule has 3 aromatic heterocycles. The Hall–Kier alpha value is -3.24. The number of hydrogen-bond acceptors (Lipinski definition) is 7. The summed E-state index contributed by atoms with van der Waals surface area (Å²) in [6.45, 7) is 6.97. The molecule has 1 atom stereocenters. The SMILES string of the molecule is COC(C)(C)CCNC(=O)C1(F)CCCCCc2c1nnn2CCCN(Cc1ccccn1)Cc1ccccn1. The van der Waals surface area contributed by atoms with Crippen molar-refractivity contribution in [3.05, 3.63) is 71.6 Å². The summed E-state index contributed by atoms with van der Waals surface area (Å²) >= 11 is 0. The maximum Gasteiger partial charge on any atom is 0.264 e. The Kier molecular flexibility index (Phi) is 10.3. The highest BCUT2D eigenvalue weighted by Gasteiger charge is 2.45. The smallest absolute Gasteiger partial charge is 0.264 e. The van der Waals surface area contributed by atoms with Crippen LogP contribution in [0.1, 0.15) is 75.1 Å². The molecule has 0 aromatic carbocycles. The van der Waals surface area contributed by atoms with E-state index in [1.165, 1.54) is 0 Å². The normalized spacial score (nSPS) is 17.7. The maximum absolute atomic E-state index is 16.5. The lowest BCUT2D eigenvalue weighted by Gasteiger charge is -2.27. The van der Waals surface area contributed by atoms with Gasteiger partial charge < -0.3 is 10.1 Å². The second-order valence-electron chi connectivity index (χ2n) is 11.1. The Morgan fingerprint density at radius 2 is 1.80 bits per heavy atom. The molecule has 1 N–H and O–H groups in total. The highest BCUT2D eigenvalue weighted by atomic mass is 19.1. The number of methoxy groups -OCH3 is 1. The molecule has 10 heteroatoms. The van der Waals surface area contributed by atoms with Gasteiger partial charge >= 0.3 is 0 Å². The fourth-order valence-electron chi connectivity index (χ4n) is 5.06. The van der Waals surface area contributed by atoms with Crippen LogP contribution in [0.4, 0.5) is 4.39 Å². The molecule has 0 fully saturated rings. The molecule has 0 aliphatic heterocycles. The van der Waals surface area contributed by atoms with E-state index in [-0.39, 0.29) is 12.1 Å². The maximum atomic E-state index is 16.5. The second kappa shape index (κ2) is 13.9. The number of carbonyl (C=O) groups is 1. The molecule has 0 radical (unpaired) electrons. The van der Waals surface area contributed by atoms with Crippen molar-refractivity contribution in [1.82, 2.24) is 35.2 Å². The second-order valence-corrected chi connectivity index (χ2v) is 11.1. The molecule has 1 unspecified atom stereocenters. The molecule has 1 aliphatic rings. The molecule has 0 bridgehead atoms. The van der Waals surface area contributed by atoms with Gasteiger partial charge in [0.25, 0.3) is 5.91 Å². The minimum Gasteiger partial charge on any atom is -0.379 e. The summed E-state index contributed by atoms with van der Waals surface area (Å²) in [4.78, 5) is 24.4. The summed E-state index contributed by atoms with van der Waals surface area (Å²) in [5.74, 6) is -0.633.